The van der Waals surface area contributed by atoms with Crippen molar-refractivity contribution in [2.45, 2.75) is 31.6 Å². The lowest BCUT2D eigenvalue weighted by molar-refractivity contribution is -0.172. The zero-order valence-corrected chi connectivity index (χ0v) is 22.8. The third-order valence-corrected chi connectivity index (χ3v) is 6.83. The van der Waals surface area contributed by atoms with Gasteiger partial charge in [0.25, 0.3) is 0 Å². The number of halogens is 17. The number of benzene rings is 3. The highest BCUT2D eigenvalue weighted by Crippen LogP contribution is 2.57. The third kappa shape index (κ3) is 5.82. The van der Waals surface area contributed by atoms with E-state index < -0.39 is 121 Å². The van der Waals surface area contributed by atoms with Gasteiger partial charge in [-0.25, -0.2) is 31.9 Å². The third-order valence-electron chi connectivity index (χ3n) is 6.83. The van der Waals surface area contributed by atoms with Crippen LogP contribution in [0.2, 0.25) is 0 Å². The number of aryl methyl sites for hydroxylation is 1. The summed E-state index contributed by atoms with van der Waals surface area (Å²) in [6.07, 6.45) is -25.9. The van der Waals surface area contributed by atoms with Crippen molar-refractivity contribution in [2.24, 2.45) is 9.98 Å². The summed E-state index contributed by atoms with van der Waals surface area (Å²) in [6.45, 7) is 1.10. The molecule has 5 rings (SSSR count). The highest BCUT2D eigenvalue weighted by Gasteiger charge is 2.58. The zero-order chi connectivity index (χ0) is 36.0. The largest absolute Gasteiger partial charge is 0.422 e. The molecule has 0 bridgehead atoms. The Morgan fingerprint density at radius 3 is 1.08 bits per heavy atom. The summed E-state index contributed by atoms with van der Waals surface area (Å²) in [4.78, 5) is 6.37. The summed E-state index contributed by atoms with van der Waals surface area (Å²) in [5, 5.41) is 0. The molecule has 0 unspecified atom stereocenters. The summed E-state index contributed by atoms with van der Waals surface area (Å²) in [5.41, 5.74) is -25.8. The molecule has 0 radical (unpaired) electrons. The van der Waals surface area contributed by atoms with Crippen LogP contribution in [-0.4, -0.2) is 36.1 Å². The predicted molar refractivity (Wildman–Crippen MR) is 134 cm³/mol. The molecule has 0 aromatic heterocycles. The summed E-state index contributed by atoms with van der Waals surface area (Å²) < 4.78 is 243. The molecule has 254 valence electrons. The van der Waals surface area contributed by atoms with Gasteiger partial charge >= 0.3 is 24.7 Å². The van der Waals surface area contributed by atoms with Crippen LogP contribution in [0, 0.1) is 36.0 Å². The second-order valence-corrected chi connectivity index (χ2v) is 10.2. The van der Waals surface area contributed by atoms with E-state index in [1.54, 1.807) is 0 Å². The van der Waals surface area contributed by atoms with Crippen LogP contribution >= 0.6 is 0 Å². The summed E-state index contributed by atoms with van der Waals surface area (Å²) in [7, 11) is 0. The van der Waals surface area contributed by atoms with Gasteiger partial charge in [0.15, 0.2) is 11.6 Å². The van der Waals surface area contributed by atoms with Crippen LogP contribution in [0.25, 0.3) is 11.1 Å². The monoisotopic (exact) mass is 708 g/mol. The first-order chi connectivity index (χ1) is 21.8. The smallest absolute Gasteiger partial charge is 0.244 e. The van der Waals surface area contributed by atoms with Crippen molar-refractivity contribution in [3.63, 3.8) is 0 Å². The molecule has 2 aliphatic heterocycles. The van der Waals surface area contributed by atoms with Crippen LogP contribution in [0.5, 0.6) is 0 Å². The number of allylic oxidation sites excluding steroid dienone is 4. The quantitative estimate of drug-likeness (QED) is 0.237. The molecule has 19 heteroatoms. The van der Waals surface area contributed by atoms with E-state index in [1.165, 1.54) is 0 Å². The first-order valence-corrected chi connectivity index (χ1v) is 12.6. The SMILES string of the molecule is Cc1cc(F)cc(C2=Nc3c(F)c4c(c(F)c3C2=C(C(F)(F)F)C(F)(F)F)N=C(c2cc(F)cc(F)c2)C4=C(C(F)(F)F)C(F)(F)F)c1. The Morgan fingerprint density at radius 2 is 0.771 bits per heavy atom. The maximum Gasteiger partial charge on any atom is 0.422 e. The van der Waals surface area contributed by atoms with Crippen LogP contribution in [0.4, 0.5) is 86.0 Å². The van der Waals surface area contributed by atoms with Crippen LogP contribution in [0.3, 0.4) is 0 Å². The molecule has 0 N–H and O–H groups in total. The van der Waals surface area contributed by atoms with Gasteiger partial charge in [-0.15, -0.1) is 0 Å². The Hall–Kier alpha value is -4.71. The molecular formula is C29H9F17N2. The molecule has 0 saturated heterocycles. The fraction of sp³-hybridized carbons (Fsp3) is 0.172. The molecule has 3 aromatic carbocycles. The van der Waals surface area contributed by atoms with Crippen LogP contribution in [-0.2, 0) is 0 Å². The lowest BCUT2D eigenvalue weighted by Crippen LogP contribution is -2.29. The van der Waals surface area contributed by atoms with Crippen molar-refractivity contribution in [1.29, 1.82) is 0 Å². The molecule has 3 aromatic rings. The molecule has 0 saturated carbocycles. The van der Waals surface area contributed by atoms with Crippen molar-refractivity contribution in [3.8, 4) is 0 Å². The van der Waals surface area contributed by atoms with Crippen LogP contribution < -0.4 is 0 Å². The minimum absolute atomic E-state index is 0.0942. The average molecular weight is 708 g/mol. The lowest BCUT2D eigenvalue weighted by atomic mass is 9.88. The lowest BCUT2D eigenvalue weighted by Gasteiger charge is -2.21. The number of alkyl halides is 12. The predicted octanol–water partition coefficient (Wildman–Crippen LogP) is 10.7. The van der Waals surface area contributed by atoms with Crippen molar-refractivity contribution < 1.29 is 74.6 Å². The Morgan fingerprint density at radius 1 is 0.458 bits per heavy atom. The van der Waals surface area contributed by atoms with E-state index in [1.807, 2.05) is 0 Å². The van der Waals surface area contributed by atoms with Crippen molar-refractivity contribution in [1.82, 2.24) is 0 Å². The molecule has 0 fully saturated rings. The Balaban J connectivity index is 2.03. The first kappa shape index (κ1) is 34.6. The fourth-order valence-corrected chi connectivity index (χ4v) is 5.26. The highest BCUT2D eigenvalue weighted by molar-refractivity contribution is 6.40. The summed E-state index contributed by atoms with van der Waals surface area (Å²) in [5.74, 6) is -9.63. The molecule has 0 atom stereocenters. The average Bonchev–Trinajstić information content (AvgIpc) is 3.43. The van der Waals surface area contributed by atoms with Gasteiger partial charge in [0.2, 0.25) is 0 Å². The van der Waals surface area contributed by atoms with E-state index in [0.717, 1.165) is 19.1 Å². The van der Waals surface area contributed by atoms with Gasteiger partial charge < -0.3 is 0 Å². The topological polar surface area (TPSA) is 24.7 Å². The van der Waals surface area contributed by atoms with E-state index in [4.69, 9.17) is 0 Å². The normalized spacial score (nSPS) is 15.0. The van der Waals surface area contributed by atoms with E-state index in [-0.39, 0.29) is 23.8 Å². The maximum absolute atomic E-state index is 16.2. The molecule has 2 nitrogen and oxygen atoms in total. The molecule has 0 amide bonds. The van der Waals surface area contributed by atoms with E-state index in [0.29, 0.717) is 6.07 Å². The van der Waals surface area contributed by atoms with E-state index in [9.17, 15) is 65.9 Å². The Kier molecular flexibility index (Phi) is 7.87. The van der Waals surface area contributed by atoms with Crippen molar-refractivity contribution >= 4 is 33.9 Å². The van der Waals surface area contributed by atoms with E-state index in [2.05, 4.69) is 9.98 Å². The highest BCUT2D eigenvalue weighted by atomic mass is 19.4. The second-order valence-electron chi connectivity index (χ2n) is 10.2. The Labute approximate surface area is 255 Å². The summed E-state index contributed by atoms with van der Waals surface area (Å²) in [6, 6.07) is 2.06. The van der Waals surface area contributed by atoms with Gasteiger partial charge in [0.1, 0.15) is 40.0 Å². The van der Waals surface area contributed by atoms with Gasteiger partial charge in [-0.2, -0.15) is 52.7 Å². The second kappa shape index (κ2) is 10.9. The standard InChI is InChI=1S/C29H9F17N2/c1-8-2-9(4-11(30)3-8)20-16(24(26(35,36)37)27(38,39)40)14-18(33)23-15(19(34)22(14)47-20)17(25(28(41,42)43)29(44,45)46)21(48-23)10-5-12(31)7-13(32)6-10/h2-7H,1H3. The number of rotatable bonds is 2. The number of fused-ring (bicyclic) bond motifs is 2. The minimum atomic E-state index is -6.51. The van der Waals surface area contributed by atoms with Crippen molar-refractivity contribution in [3.05, 3.63) is 104 Å². The number of hydrogen-bond acceptors (Lipinski definition) is 2. The molecule has 48 heavy (non-hydrogen) atoms. The van der Waals surface area contributed by atoms with Gasteiger partial charge in [0, 0.05) is 28.3 Å². The van der Waals surface area contributed by atoms with Gasteiger partial charge in [-0.1, -0.05) is 0 Å². The molecule has 2 heterocycles. The van der Waals surface area contributed by atoms with Crippen LogP contribution in [0.15, 0.2) is 57.5 Å². The van der Waals surface area contributed by atoms with Crippen LogP contribution in [0.1, 0.15) is 27.8 Å². The van der Waals surface area contributed by atoms with Gasteiger partial charge in [-0.3, -0.25) is 0 Å². The number of aliphatic imine (C=N–C) groups is 2. The maximum atomic E-state index is 16.2. The van der Waals surface area contributed by atoms with Crippen molar-refractivity contribution in [2.75, 3.05) is 0 Å². The fourth-order valence-electron chi connectivity index (χ4n) is 5.26. The number of nitrogens with zero attached hydrogens (tertiary/aromatic N) is 2. The Bertz CT molecular complexity index is 1800. The summed E-state index contributed by atoms with van der Waals surface area (Å²) >= 11 is 0. The molecular weight excluding hydrogens is 699 g/mol. The zero-order valence-electron chi connectivity index (χ0n) is 22.8. The molecule has 2 aliphatic rings. The molecule has 0 spiro atoms. The van der Waals surface area contributed by atoms with Gasteiger partial charge in [0.05, 0.1) is 22.6 Å². The van der Waals surface area contributed by atoms with Gasteiger partial charge in [-0.05, 0) is 42.8 Å². The van der Waals surface area contributed by atoms with E-state index >= 15 is 8.78 Å². The minimum Gasteiger partial charge on any atom is -0.244 e. The number of hydrogen-bond donors (Lipinski definition) is 0. The first-order valence-electron chi connectivity index (χ1n) is 12.6. The molecule has 0 aliphatic carbocycles.